The van der Waals surface area contributed by atoms with Gasteiger partial charge in [-0.15, -0.1) is 0 Å². The lowest BCUT2D eigenvalue weighted by molar-refractivity contribution is -0.153. The Morgan fingerprint density at radius 1 is 1.35 bits per heavy atom. The second-order valence-corrected chi connectivity index (χ2v) is 4.17. The first kappa shape index (κ1) is 14.2. The predicted octanol–water partition coefficient (Wildman–Crippen LogP) is 0.659. The molecule has 4 unspecified atom stereocenters. The van der Waals surface area contributed by atoms with Gasteiger partial charge in [0.1, 0.15) is 12.2 Å². The molecule has 0 spiro atoms. The Morgan fingerprint density at radius 3 is 2.65 bits per heavy atom. The summed E-state index contributed by atoms with van der Waals surface area (Å²) in [5.74, 6) is -0.419. The normalized spacial score (nSPS) is 37.3. The molecule has 0 amide bonds. The van der Waals surface area contributed by atoms with Crippen molar-refractivity contribution >= 4 is 5.97 Å². The van der Waals surface area contributed by atoms with Gasteiger partial charge in [-0.25, -0.2) is 0 Å². The molecule has 0 aromatic heterocycles. The van der Waals surface area contributed by atoms with Crippen molar-refractivity contribution in [1.29, 1.82) is 0 Å². The molecule has 0 saturated carbocycles. The Labute approximate surface area is 101 Å². The van der Waals surface area contributed by atoms with Crippen LogP contribution in [0.2, 0.25) is 0 Å². The summed E-state index contributed by atoms with van der Waals surface area (Å²) in [6.07, 6.45) is 2.28. The average molecular weight is 244 g/mol. The van der Waals surface area contributed by atoms with Gasteiger partial charge in [0.25, 0.3) is 0 Å². The van der Waals surface area contributed by atoms with Crippen LogP contribution in [0, 0.1) is 0 Å². The van der Waals surface area contributed by atoms with E-state index in [0.29, 0.717) is 6.42 Å². The molecule has 1 heterocycles. The molecule has 1 rings (SSSR count). The summed E-state index contributed by atoms with van der Waals surface area (Å²) in [7, 11) is 3.08. The number of aliphatic hydroxyl groups is 1. The zero-order valence-corrected chi connectivity index (χ0v) is 10.5. The van der Waals surface area contributed by atoms with E-state index in [1.54, 1.807) is 20.1 Å². The number of carbonyl (C=O) groups excluding carboxylic acids is 1. The van der Waals surface area contributed by atoms with Crippen LogP contribution in [-0.4, -0.2) is 49.7 Å². The molecule has 0 aromatic rings. The van der Waals surface area contributed by atoms with Gasteiger partial charge in [-0.1, -0.05) is 12.2 Å². The Balaban J connectivity index is 2.81. The van der Waals surface area contributed by atoms with Gasteiger partial charge in [0.05, 0.1) is 18.6 Å². The number of aliphatic hydroxyl groups excluding tert-OH is 1. The van der Waals surface area contributed by atoms with Crippen molar-refractivity contribution in [1.82, 2.24) is 0 Å². The van der Waals surface area contributed by atoms with Gasteiger partial charge in [-0.2, -0.15) is 0 Å². The van der Waals surface area contributed by atoms with Gasteiger partial charge in [0.15, 0.2) is 0 Å². The van der Waals surface area contributed by atoms with Gasteiger partial charge in [0, 0.05) is 20.6 Å². The topological polar surface area (TPSA) is 65.0 Å². The van der Waals surface area contributed by atoms with Gasteiger partial charge >= 0.3 is 5.97 Å². The average Bonchev–Trinajstić information content (AvgIpc) is 2.26. The third-order valence-electron chi connectivity index (χ3n) is 2.74. The van der Waals surface area contributed by atoms with Crippen molar-refractivity contribution in [3.63, 3.8) is 0 Å². The summed E-state index contributed by atoms with van der Waals surface area (Å²) in [6, 6.07) is 0. The van der Waals surface area contributed by atoms with E-state index in [4.69, 9.17) is 14.2 Å². The molecule has 0 saturated heterocycles. The molecular formula is C12H20O5. The van der Waals surface area contributed by atoms with E-state index in [1.165, 1.54) is 7.11 Å². The van der Waals surface area contributed by atoms with Gasteiger partial charge in [-0.05, 0) is 6.92 Å². The van der Waals surface area contributed by atoms with Crippen LogP contribution < -0.4 is 0 Å². The van der Waals surface area contributed by atoms with E-state index < -0.39 is 18.2 Å². The quantitative estimate of drug-likeness (QED) is 0.571. The van der Waals surface area contributed by atoms with Crippen molar-refractivity contribution in [2.75, 3.05) is 14.2 Å². The summed E-state index contributed by atoms with van der Waals surface area (Å²) < 4.78 is 15.5. The molecular weight excluding hydrogens is 224 g/mol. The first-order valence-corrected chi connectivity index (χ1v) is 5.68. The van der Waals surface area contributed by atoms with Gasteiger partial charge < -0.3 is 19.3 Å². The van der Waals surface area contributed by atoms with Crippen molar-refractivity contribution < 1.29 is 24.1 Å². The van der Waals surface area contributed by atoms with E-state index in [9.17, 15) is 9.90 Å². The van der Waals surface area contributed by atoms with Crippen LogP contribution in [0.25, 0.3) is 0 Å². The predicted molar refractivity (Wildman–Crippen MR) is 61.5 cm³/mol. The Morgan fingerprint density at radius 2 is 2.06 bits per heavy atom. The molecule has 1 N–H and O–H groups in total. The highest BCUT2D eigenvalue weighted by molar-refractivity contribution is 5.70. The Bertz CT molecular complexity index is 276. The highest BCUT2D eigenvalue weighted by Gasteiger charge is 2.24. The van der Waals surface area contributed by atoms with Crippen molar-refractivity contribution in [3.8, 4) is 0 Å². The molecule has 98 valence electrons. The van der Waals surface area contributed by atoms with Crippen LogP contribution in [0.1, 0.15) is 19.8 Å². The summed E-state index contributed by atoms with van der Waals surface area (Å²) in [4.78, 5) is 11.5. The third-order valence-corrected chi connectivity index (χ3v) is 2.74. The van der Waals surface area contributed by atoms with Crippen LogP contribution in [0.4, 0.5) is 0 Å². The Kier molecular flexibility index (Phi) is 5.61. The van der Waals surface area contributed by atoms with Crippen LogP contribution in [0.15, 0.2) is 12.2 Å². The van der Waals surface area contributed by atoms with Crippen LogP contribution in [0.3, 0.4) is 0 Å². The number of hydrogen-bond donors (Lipinski definition) is 1. The molecule has 5 nitrogen and oxygen atoms in total. The van der Waals surface area contributed by atoms with E-state index in [2.05, 4.69) is 0 Å². The minimum Gasteiger partial charge on any atom is -0.462 e. The molecule has 0 bridgehead atoms. The maximum Gasteiger partial charge on any atom is 0.308 e. The second kappa shape index (κ2) is 6.74. The number of ether oxygens (including phenoxy) is 3. The number of hydrogen-bond acceptors (Lipinski definition) is 5. The number of rotatable bonds is 2. The van der Waals surface area contributed by atoms with Crippen LogP contribution >= 0.6 is 0 Å². The third kappa shape index (κ3) is 4.46. The van der Waals surface area contributed by atoms with Crippen molar-refractivity contribution in [2.45, 2.75) is 44.2 Å². The van der Waals surface area contributed by atoms with Gasteiger partial charge in [0.2, 0.25) is 0 Å². The van der Waals surface area contributed by atoms with Crippen molar-refractivity contribution in [3.05, 3.63) is 12.2 Å². The molecule has 0 fully saturated rings. The zero-order valence-electron chi connectivity index (χ0n) is 10.5. The second-order valence-electron chi connectivity index (χ2n) is 4.17. The number of methoxy groups -OCH3 is 2. The first-order chi connectivity index (χ1) is 8.06. The largest absolute Gasteiger partial charge is 0.462 e. The van der Waals surface area contributed by atoms with Crippen LogP contribution in [-0.2, 0) is 19.0 Å². The maximum absolute atomic E-state index is 11.5. The Hall–Kier alpha value is -0.910. The minimum atomic E-state index is -0.897. The summed E-state index contributed by atoms with van der Waals surface area (Å²) >= 11 is 0. The van der Waals surface area contributed by atoms with Crippen molar-refractivity contribution in [2.24, 2.45) is 0 Å². The zero-order chi connectivity index (χ0) is 12.8. The molecule has 1 aliphatic heterocycles. The first-order valence-electron chi connectivity index (χ1n) is 5.68. The molecule has 5 heteroatoms. The minimum absolute atomic E-state index is 0.0646. The molecule has 0 aromatic carbocycles. The smallest absolute Gasteiger partial charge is 0.308 e. The number of carbonyl (C=O) groups is 1. The monoisotopic (exact) mass is 244 g/mol. The standard InChI is InChI=1S/C12H20O5/c1-8-6-9(15-2)4-5-11(16-3)10(13)7-12(14)17-8/h4-5,8-11,13H,6-7H2,1-3H3/b5-4+. The lowest BCUT2D eigenvalue weighted by Gasteiger charge is -2.23. The van der Waals surface area contributed by atoms with E-state index in [1.807, 2.05) is 6.08 Å². The summed E-state index contributed by atoms with van der Waals surface area (Å²) in [5, 5.41) is 9.79. The van der Waals surface area contributed by atoms with E-state index in [-0.39, 0.29) is 18.6 Å². The SMILES string of the molecule is COC1/C=C/C(OC)C(O)CC(=O)OC(C)C1. The summed E-state index contributed by atoms with van der Waals surface area (Å²) in [5.41, 5.74) is 0. The highest BCUT2D eigenvalue weighted by atomic mass is 16.5. The lowest BCUT2D eigenvalue weighted by atomic mass is 10.1. The molecule has 0 aliphatic carbocycles. The number of esters is 1. The summed E-state index contributed by atoms with van der Waals surface area (Å²) in [6.45, 7) is 1.81. The molecule has 1 aliphatic rings. The van der Waals surface area contributed by atoms with E-state index >= 15 is 0 Å². The van der Waals surface area contributed by atoms with Gasteiger partial charge in [-0.3, -0.25) is 4.79 Å². The molecule has 17 heavy (non-hydrogen) atoms. The lowest BCUT2D eigenvalue weighted by Crippen LogP contribution is -2.32. The highest BCUT2D eigenvalue weighted by Crippen LogP contribution is 2.14. The fraction of sp³-hybridized carbons (Fsp3) is 0.750. The van der Waals surface area contributed by atoms with Crippen LogP contribution in [0.5, 0.6) is 0 Å². The molecule has 0 radical (unpaired) electrons. The fourth-order valence-corrected chi connectivity index (χ4v) is 1.79. The number of cyclic esters (lactones) is 1. The maximum atomic E-state index is 11.5. The molecule has 4 atom stereocenters. The van der Waals surface area contributed by atoms with E-state index in [0.717, 1.165) is 0 Å². The fourth-order valence-electron chi connectivity index (χ4n) is 1.79.